The molecule has 0 spiro atoms. The molecule has 0 radical (unpaired) electrons. The molecule has 2 saturated heterocycles. The standard InChI is InChI=1S/C21H24N6O2/c22-18-4-16(24-10-25-18)12-2-17-13-1-11(8-27(17)19(28)3-12)7-26(9-13)21(29)20-14-5-23-6-15(14)20/h2-4,10-11,13-15,20,23H,1,5-9H2,(H2,22,24,25)/t11-,13+,14-,15+,20?/m0/s1. The van der Waals surface area contributed by atoms with Gasteiger partial charge in [0, 0.05) is 54.9 Å². The summed E-state index contributed by atoms with van der Waals surface area (Å²) >= 11 is 0. The molecule has 29 heavy (non-hydrogen) atoms. The van der Waals surface area contributed by atoms with E-state index in [2.05, 4.69) is 20.2 Å². The lowest BCUT2D eigenvalue weighted by Gasteiger charge is -2.43. The molecule has 4 aliphatic rings. The minimum Gasteiger partial charge on any atom is -0.384 e. The molecule has 3 N–H and O–H groups in total. The predicted octanol–water partition coefficient (Wildman–Crippen LogP) is 0.299. The number of aromatic nitrogens is 3. The molecule has 150 valence electrons. The van der Waals surface area contributed by atoms with Gasteiger partial charge >= 0.3 is 0 Å². The van der Waals surface area contributed by atoms with Gasteiger partial charge in [-0.1, -0.05) is 0 Å². The number of nitrogens with one attached hydrogen (secondary N) is 1. The van der Waals surface area contributed by atoms with E-state index in [4.69, 9.17) is 5.73 Å². The zero-order valence-electron chi connectivity index (χ0n) is 16.1. The molecule has 3 aliphatic heterocycles. The Bertz CT molecular complexity index is 1060. The average molecular weight is 392 g/mol. The van der Waals surface area contributed by atoms with Crippen molar-refractivity contribution in [3.63, 3.8) is 0 Å². The lowest BCUT2D eigenvalue weighted by Crippen LogP contribution is -2.50. The highest BCUT2D eigenvalue weighted by atomic mass is 16.2. The summed E-state index contributed by atoms with van der Waals surface area (Å²) in [5, 5.41) is 3.37. The van der Waals surface area contributed by atoms with E-state index < -0.39 is 0 Å². The number of nitrogen functional groups attached to an aromatic ring is 1. The maximum atomic E-state index is 13.1. The van der Waals surface area contributed by atoms with Gasteiger partial charge in [0.05, 0.1) is 5.69 Å². The average Bonchev–Trinajstić information content (AvgIpc) is 3.19. The Morgan fingerprint density at radius 3 is 2.72 bits per heavy atom. The van der Waals surface area contributed by atoms with Crippen LogP contribution in [-0.2, 0) is 11.3 Å². The van der Waals surface area contributed by atoms with Crippen LogP contribution in [0.15, 0.2) is 29.3 Å². The van der Waals surface area contributed by atoms with Crippen LogP contribution in [0.1, 0.15) is 18.0 Å². The van der Waals surface area contributed by atoms with Crippen LogP contribution in [0, 0.1) is 23.7 Å². The Hall–Kier alpha value is -2.74. The van der Waals surface area contributed by atoms with Gasteiger partial charge in [-0.3, -0.25) is 9.59 Å². The van der Waals surface area contributed by atoms with Crippen LogP contribution in [0.5, 0.6) is 0 Å². The molecule has 0 aromatic carbocycles. The third kappa shape index (κ3) is 2.69. The number of fused-ring (bicyclic) bond motifs is 5. The minimum absolute atomic E-state index is 0.00744. The normalized spacial score (nSPS) is 31.9. The van der Waals surface area contributed by atoms with Crippen molar-refractivity contribution in [2.24, 2.45) is 23.7 Å². The number of nitrogens with two attached hydrogens (primary N) is 1. The van der Waals surface area contributed by atoms with Gasteiger partial charge in [0.15, 0.2) is 0 Å². The van der Waals surface area contributed by atoms with Gasteiger partial charge in [-0.15, -0.1) is 0 Å². The highest BCUT2D eigenvalue weighted by Gasteiger charge is 2.58. The maximum Gasteiger partial charge on any atom is 0.251 e. The van der Waals surface area contributed by atoms with E-state index in [9.17, 15) is 9.59 Å². The van der Waals surface area contributed by atoms with E-state index in [1.54, 1.807) is 12.1 Å². The number of nitrogens with zero attached hydrogens (tertiary/aromatic N) is 4. The van der Waals surface area contributed by atoms with Crippen molar-refractivity contribution >= 4 is 11.7 Å². The molecule has 8 heteroatoms. The molecule has 2 aromatic heterocycles. The zero-order valence-corrected chi connectivity index (χ0v) is 16.1. The first kappa shape index (κ1) is 17.1. The van der Waals surface area contributed by atoms with Gasteiger partial charge in [-0.25, -0.2) is 9.97 Å². The number of carbonyl (C=O) groups is 1. The van der Waals surface area contributed by atoms with Gasteiger partial charge in [0.2, 0.25) is 5.91 Å². The molecular weight excluding hydrogens is 368 g/mol. The number of likely N-dealkylation sites (tertiary alicyclic amines) is 1. The molecule has 1 aliphatic carbocycles. The molecule has 1 saturated carbocycles. The summed E-state index contributed by atoms with van der Waals surface area (Å²) in [7, 11) is 0. The Balaban J connectivity index is 1.31. The van der Waals surface area contributed by atoms with Crippen LogP contribution < -0.4 is 16.6 Å². The Morgan fingerprint density at radius 2 is 1.93 bits per heavy atom. The third-order valence-corrected chi connectivity index (χ3v) is 7.23. The second-order valence-corrected chi connectivity index (χ2v) is 9.00. The number of amides is 1. The van der Waals surface area contributed by atoms with Crippen molar-refractivity contribution in [1.29, 1.82) is 0 Å². The van der Waals surface area contributed by atoms with Crippen LogP contribution in [0.2, 0.25) is 0 Å². The Labute approximate surface area is 168 Å². The summed E-state index contributed by atoms with van der Waals surface area (Å²) < 4.78 is 1.89. The first-order valence-corrected chi connectivity index (χ1v) is 10.4. The smallest absolute Gasteiger partial charge is 0.251 e. The number of anilines is 1. The van der Waals surface area contributed by atoms with E-state index in [1.165, 1.54) is 6.33 Å². The largest absolute Gasteiger partial charge is 0.384 e. The number of pyridine rings is 1. The van der Waals surface area contributed by atoms with Gasteiger partial charge in [0.25, 0.3) is 5.56 Å². The summed E-state index contributed by atoms with van der Waals surface area (Å²) in [5.41, 5.74) is 8.22. The fourth-order valence-corrected chi connectivity index (χ4v) is 5.81. The Morgan fingerprint density at radius 1 is 1.10 bits per heavy atom. The number of carbonyl (C=O) groups excluding carboxylic acids is 1. The second kappa shape index (κ2) is 6.13. The van der Waals surface area contributed by atoms with E-state index in [0.717, 1.165) is 37.3 Å². The van der Waals surface area contributed by atoms with Gasteiger partial charge in [-0.05, 0) is 43.3 Å². The molecule has 5 atom stereocenters. The molecular formula is C21H24N6O2. The molecule has 1 amide bonds. The predicted molar refractivity (Wildman–Crippen MR) is 107 cm³/mol. The minimum atomic E-state index is -0.00744. The van der Waals surface area contributed by atoms with Crippen molar-refractivity contribution < 1.29 is 4.79 Å². The molecule has 5 heterocycles. The van der Waals surface area contributed by atoms with Crippen molar-refractivity contribution in [3.05, 3.63) is 40.6 Å². The molecule has 3 fully saturated rings. The zero-order chi connectivity index (χ0) is 19.7. The highest BCUT2D eigenvalue weighted by Crippen LogP contribution is 2.50. The van der Waals surface area contributed by atoms with Crippen LogP contribution in [0.3, 0.4) is 0 Å². The number of piperidine rings is 2. The SMILES string of the molecule is Nc1cc(-c2cc3n(c(=O)c2)C[C@H]2C[C@@H]3CN(C(=O)C3[C@H]4CNC[C@@H]34)C2)ncn1. The van der Waals surface area contributed by atoms with Crippen molar-refractivity contribution in [3.8, 4) is 11.3 Å². The molecule has 8 nitrogen and oxygen atoms in total. The lowest BCUT2D eigenvalue weighted by atomic mass is 9.82. The van der Waals surface area contributed by atoms with Crippen LogP contribution >= 0.6 is 0 Å². The molecule has 6 rings (SSSR count). The lowest BCUT2D eigenvalue weighted by molar-refractivity contribution is -0.136. The number of rotatable bonds is 2. The van der Waals surface area contributed by atoms with E-state index in [0.29, 0.717) is 48.3 Å². The quantitative estimate of drug-likeness (QED) is 0.761. The summed E-state index contributed by atoms with van der Waals surface area (Å²) in [6.45, 7) is 4.11. The van der Waals surface area contributed by atoms with Gasteiger partial charge in [0.1, 0.15) is 12.1 Å². The van der Waals surface area contributed by atoms with E-state index in [1.807, 2.05) is 10.6 Å². The first-order valence-electron chi connectivity index (χ1n) is 10.4. The monoisotopic (exact) mass is 392 g/mol. The number of hydrogen-bond donors (Lipinski definition) is 2. The van der Waals surface area contributed by atoms with Crippen molar-refractivity contribution in [2.45, 2.75) is 18.9 Å². The van der Waals surface area contributed by atoms with Crippen LogP contribution in [-0.4, -0.2) is 51.5 Å². The number of hydrogen-bond acceptors (Lipinski definition) is 6. The topological polar surface area (TPSA) is 106 Å². The fraction of sp³-hybridized carbons (Fsp3) is 0.524. The van der Waals surface area contributed by atoms with Crippen LogP contribution in [0.25, 0.3) is 11.3 Å². The van der Waals surface area contributed by atoms with Gasteiger partial charge < -0.3 is 20.5 Å². The van der Waals surface area contributed by atoms with Gasteiger partial charge in [-0.2, -0.15) is 0 Å². The van der Waals surface area contributed by atoms with Crippen molar-refractivity contribution in [1.82, 2.24) is 24.8 Å². The van der Waals surface area contributed by atoms with E-state index in [-0.39, 0.29) is 17.4 Å². The third-order valence-electron chi connectivity index (χ3n) is 7.23. The van der Waals surface area contributed by atoms with Crippen molar-refractivity contribution in [2.75, 3.05) is 31.9 Å². The summed E-state index contributed by atoms with van der Waals surface area (Å²) in [6.07, 6.45) is 2.44. The molecule has 2 aromatic rings. The van der Waals surface area contributed by atoms with Crippen LogP contribution in [0.4, 0.5) is 5.82 Å². The fourth-order valence-electron chi connectivity index (χ4n) is 5.81. The first-order chi connectivity index (χ1) is 14.1. The summed E-state index contributed by atoms with van der Waals surface area (Å²) in [4.78, 5) is 36.2. The highest BCUT2D eigenvalue weighted by molar-refractivity contribution is 5.83. The molecule has 1 unspecified atom stereocenters. The maximum absolute atomic E-state index is 13.1. The van der Waals surface area contributed by atoms with E-state index >= 15 is 0 Å². The Kier molecular flexibility index (Phi) is 3.62. The summed E-state index contributed by atoms with van der Waals surface area (Å²) in [6, 6.07) is 5.37. The summed E-state index contributed by atoms with van der Waals surface area (Å²) in [5.74, 6) is 2.53. The second-order valence-electron chi connectivity index (χ2n) is 9.00. The molecule has 2 bridgehead atoms.